The number of hydrogen-bond donors (Lipinski definition) is 1. The molecule has 3 rings (SSSR count). The molecule has 0 fully saturated rings. The molecule has 0 spiro atoms. The van der Waals surface area contributed by atoms with Crippen LogP contribution in [-0.2, 0) is 0 Å². The topological polar surface area (TPSA) is 59.7 Å². The maximum Gasteiger partial charge on any atom is 0.336 e. The summed E-state index contributed by atoms with van der Waals surface area (Å²) in [6, 6.07) is 8.62. The maximum absolute atomic E-state index is 11.3. The van der Waals surface area contributed by atoms with Crippen LogP contribution < -0.4 is 10.4 Å². The van der Waals surface area contributed by atoms with Gasteiger partial charge in [-0.05, 0) is 31.5 Å². The summed E-state index contributed by atoms with van der Waals surface area (Å²) in [7, 11) is 0. The Hall–Kier alpha value is -2.07. The van der Waals surface area contributed by atoms with Crippen LogP contribution in [-0.4, -0.2) is 17.8 Å². The monoisotopic (exact) mass is 314 g/mol. The lowest BCUT2D eigenvalue weighted by Crippen LogP contribution is -2.42. The van der Waals surface area contributed by atoms with E-state index in [1.54, 1.807) is 12.1 Å². The second-order valence-corrected chi connectivity index (χ2v) is 6.84. The smallest absolute Gasteiger partial charge is 0.336 e. The number of hydrogen-bond acceptors (Lipinski definition) is 4. The van der Waals surface area contributed by atoms with Gasteiger partial charge in [0.05, 0.1) is 12.7 Å². The van der Waals surface area contributed by atoms with Crippen molar-refractivity contribution in [3.05, 3.63) is 52.4 Å². The average molecular weight is 314 g/mol. The summed E-state index contributed by atoms with van der Waals surface area (Å²) in [4.78, 5) is 11.3. The highest BCUT2D eigenvalue weighted by Gasteiger charge is 2.40. The number of rotatable bonds is 3. The first kappa shape index (κ1) is 15.8. The van der Waals surface area contributed by atoms with Crippen molar-refractivity contribution in [2.45, 2.75) is 33.3 Å². The summed E-state index contributed by atoms with van der Waals surface area (Å²) in [6.45, 7) is 6.71. The summed E-state index contributed by atoms with van der Waals surface area (Å²) in [5.41, 5.74) is 1.16. The largest absolute Gasteiger partial charge is 0.493 e. The highest BCUT2D eigenvalue weighted by molar-refractivity contribution is 5.77. The van der Waals surface area contributed by atoms with Crippen LogP contribution >= 0.6 is 0 Å². The minimum absolute atomic E-state index is 0.143. The molecule has 0 radical (unpaired) electrons. The van der Waals surface area contributed by atoms with E-state index in [9.17, 15) is 9.90 Å². The molecular formula is C19H22O4. The molecule has 122 valence electrons. The fourth-order valence-corrected chi connectivity index (χ4v) is 3.22. The zero-order valence-corrected chi connectivity index (χ0v) is 13.7. The standard InChI is InChI=1S/C19H22O4/c1-12-4-8-17(20)19(2,3)15(12)11-22-14-7-5-13-6-9-18(21)23-16(13)10-14/h4-7,9-10,15,17,20H,8,11H2,1-3H3/t15-,17-/m1/s1. The number of benzene rings is 1. The summed E-state index contributed by atoms with van der Waals surface area (Å²) < 4.78 is 11.1. The Labute approximate surface area is 135 Å². The zero-order chi connectivity index (χ0) is 16.6. The van der Waals surface area contributed by atoms with Crippen LogP contribution in [0, 0.1) is 11.3 Å². The second kappa shape index (κ2) is 5.85. The summed E-state index contributed by atoms with van der Waals surface area (Å²) >= 11 is 0. The minimum atomic E-state index is -0.370. The Morgan fingerprint density at radius 2 is 2.04 bits per heavy atom. The van der Waals surface area contributed by atoms with Gasteiger partial charge in [-0.15, -0.1) is 0 Å². The molecule has 0 bridgehead atoms. The molecule has 1 aromatic heterocycles. The van der Waals surface area contributed by atoms with Crippen molar-refractivity contribution >= 4 is 11.0 Å². The second-order valence-electron chi connectivity index (χ2n) is 6.84. The molecular weight excluding hydrogens is 292 g/mol. The van der Waals surface area contributed by atoms with Gasteiger partial charge in [-0.3, -0.25) is 0 Å². The molecule has 1 N–H and O–H groups in total. The van der Waals surface area contributed by atoms with E-state index in [0.717, 1.165) is 5.39 Å². The molecule has 4 nitrogen and oxygen atoms in total. The van der Waals surface area contributed by atoms with Crippen molar-refractivity contribution in [2.24, 2.45) is 11.3 Å². The van der Waals surface area contributed by atoms with E-state index in [2.05, 4.69) is 26.8 Å². The molecule has 0 amide bonds. The van der Waals surface area contributed by atoms with Gasteiger partial charge < -0.3 is 14.3 Å². The molecule has 1 aromatic carbocycles. The highest BCUT2D eigenvalue weighted by atomic mass is 16.5. The molecule has 0 aliphatic heterocycles. The molecule has 2 aromatic rings. The highest BCUT2D eigenvalue weighted by Crippen LogP contribution is 2.41. The van der Waals surface area contributed by atoms with Crippen LogP contribution in [0.15, 0.2) is 51.2 Å². The predicted octanol–water partition coefficient (Wildman–Crippen LogP) is 3.53. The molecule has 0 saturated heterocycles. The molecule has 1 aliphatic rings. The van der Waals surface area contributed by atoms with Crippen LogP contribution in [0.3, 0.4) is 0 Å². The summed E-state index contributed by atoms with van der Waals surface area (Å²) in [5, 5.41) is 11.1. The summed E-state index contributed by atoms with van der Waals surface area (Å²) in [5.74, 6) is 0.806. The fourth-order valence-electron chi connectivity index (χ4n) is 3.22. The van der Waals surface area contributed by atoms with Gasteiger partial charge in [-0.25, -0.2) is 4.79 Å². The van der Waals surface area contributed by atoms with E-state index in [4.69, 9.17) is 9.15 Å². The van der Waals surface area contributed by atoms with Crippen molar-refractivity contribution in [3.63, 3.8) is 0 Å². The minimum Gasteiger partial charge on any atom is -0.493 e. The van der Waals surface area contributed by atoms with E-state index < -0.39 is 0 Å². The Morgan fingerprint density at radius 3 is 2.83 bits per heavy atom. The third-order valence-electron chi connectivity index (χ3n) is 4.98. The van der Waals surface area contributed by atoms with Crippen molar-refractivity contribution in [2.75, 3.05) is 6.61 Å². The first-order valence-electron chi connectivity index (χ1n) is 7.89. The van der Waals surface area contributed by atoms with Gasteiger partial charge in [0.25, 0.3) is 0 Å². The van der Waals surface area contributed by atoms with Crippen molar-refractivity contribution in [3.8, 4) is 5.75 Å². The first-order chi connectivity index (χ1) is 10.9. The molecule has 4 heteroatoms. The van der Waals surface area contributed by atoms with Gasteiger partial charge in [0, 0.05) is 28.9 Å². The third-order valence-corrected chi connectivity index (χ3v) is 4.98. The van der Waals surface area contributed by atoms with Crippen LogP contribution in [0.1, 0.15) is 27.2 Å². The van der Waals surface area contributed by atoms with Crippen LogP contribution in [0.5, 0.6) is 5.75 Å². The van der Waals surface area contributed by atoms with Gasteiger partial charge in [0.15, 0.2) is 0 Å². The van der Waals surface area contributed by atoms with Gasteiger partial charge in [-0.2, -0.15) is 0 Å². The van der Waals surface area contributed by atoms with Crippen LogP contribution in [0.4, 0.5) is 0 Å². The van der Waals surface area contributed by atoms with E-state index in [0.29, 0.717) is 24.4 Å². The van der Waals surface area contributed by atoms with E-state index in [-0.39, 0.29) is 23.1 Å². The number of ether oxygens (including phenoxy) is 1. The van der Waals surface area contributed by atoms with Gasteiger partial charge in [-0.1, -0.05) is 25.5 Å². The van der Waals surface area contributed by atoms with Gasteiger partial charge in [0.1, 0.15) is 11.3 Å². The molecule has 23 heavy (non-hydrogen) atoms. The first-order valence-corrected chi connectivity index (χ1v) is 7.89. The Morgan fingerprint density at radius 1 is 1.30 bits per heavy atom. The molecule has 1 aliphatic carbocycles. The zero-order valence-electron chi connectivity index (χ0n) is 13.7. The third kappa shape index (κ3) is 3.04. The molecule has 0 saturated carbocycles. The lowest BCUT2D eigenvalue weighted by Gasteiger charge is -2.41. The van der Waals surface area contributed by atoms with Crippen molar-refractivity contribution in [1.29, 1.82) is 0 Å². The molecule has 1 heterocycles. The average Bonchev–Trinajstić information content (AvgIpc) is 2.50. The van der Waals surface area contributed by atoms with Crippen LogP contribution in [0.2, 0.25) is 0 Å². The number of aliphatic hydroxyl groups excluding tert-OH is 1. The van der Waals surface area contributed by atoms with E-state index >= 15 is 0 Å². The van der Waals surface area contributed by atoms with Gasteiger partial charge in [0.2, 0.25) is 0 Å². The predicted molar refractivity (Wildman–Crippen MR) is 89.6 cm³/mol. The summed E-state index contributed by atoms with van der Waals surface area (Å²) in [6.07, 6.45) is 2.41. The Kier molecular flexibility index (Phi) is 4.02. The van der Waals surface area contributed by atoms with Crippen molar-refractivity contribution < 1.29 is 14.3 Å². The number of aliphatic hydroxyl groups is 1. The lowest BCUT2D eigenvalue weighted by molar-refractivity contribution is -0.00346. The molecule has 0 unspecified atom stereocenters. The quantitative estimate of drug-likeness (QED) is 0.695. The number of fused-ring (bicyclic) bond motifs is 1. The Bertz CT molecular complexity index is 800. The van der Waals surface area contributed by atoms with E-state index in [1.165, 1.54) is 11.6 Å². The molecule has 2 atom stereocenters. The van der Waals surface area contributed by atoms with Crippen molar-refractivity contribution in [1.82, 2.24) is 0 Å². The SMILES string of the molecule is CC1=CC[C@@H](O)C(C)(C)[C@@H]1COc1ccc2ccc(=O)oc2c1. The van der Waals surface area contributed by atoms with E-state index in [1.807, 2.05) is 12.1 Å². The lowest BCUT2D eigenvalue weighted by atomic mass is 9.67. The van der Waals surface area contributed by atoms with Gasteiger partial charge >= 0.3 is 5.63 Å². The normalized spacial score (nSPS) is 23.6. The Balaban J connectivity index is 1.81. The maximum atomic E-state index is 11.3. The van der Waals surface area contributed by atoms with Crippen LogP contribution in [0.25, 0.3) is 11.0 Å². The fraction of sp³-hybridized carbons (Fsp3) is 0.421.